The molecular formula is C13H17N5O2. The molecule has 2 heterocycles. The third-order valence-electron chi connectivity index (χ3n) is 3.61. The first-order valence-corrected chi connectivity index (χ1v) is 6.46. The van der Waals surface area contributed by atoms with Crippen molar-refractivity contribution >= 4 is 11.5 Å². The molecule has 1 aromatic rings. The SMILES string of the molecule is CC(C)(C#N)N1CCN(c2cc([N+](=O)[O-])ccn2)CC1. The lowest BCUT2D eigenvalue weighted by molar-refractivity contribution is -0.384. The van der Waals surface area contributed by atoms with Gasteiger partial charge < -0.3 is 4.90 Å². The summed E-state index contributed by atoms with van der Waals surface area (Å²) in [5.74, 6) is 0.619. The van der Waals surface area contributed by atoms with Crippen molar-refractivity contribution in [2.24, 2.45) is 0 Å². The van der Waals surface area contributed by atoms with E-state index in [1.165, 1.54) is 18.3 Å². The second kappa shape index (κ2) is 5.43. The molecule has 106 valence electrons. The van der Waals surface area contributed by atoms with E-state index in [-0.39, 0.29) is 5.69 Å². The summed E-state index contributed by atoms with van der Waals surface area (Å²) in [6, 6.07) is 5.17. The predicted octanol–water partition coefficient (Wildman–Crippen LogP) is 1.41. The van der Waals surface area contributed by atoms with E-state index in [9.17, 15) is 10.1 Å². The summed E-state index contributed by atoms with van der Waals surface area (Å²) in [7, 11) is 0. The Morgan fingerprint density at radius 1 is 1.40 bits per heavy atom. The van der Waals surface area contributed by atoms with Crippen molar-refractivity contribution < 1.29 is 4.92 Å². The van der Waals surface area contributed by atoms with Gasteiger partial charge in [-0.1, -0.05) is 0 Å². The molecule has 20 heavy (non-hydrogen) atoms. The molecule has 0 bridgehead atoms. The number of hydrogen-bond donors (Lipinski definition) is 0. The Kier molecular flexibility index (Phi) is 3.86. The summed E-state index contributed by atoms with van der Waals surface area (Å²) >= 11 is 0. The van der Waals surface area contributed by atoms with Crippen LogP contribution in [0.5, 0.6) is 0 Å². The molecule has 2 rings (SSSR count). The first-order chi connectivity index (χ1) is 9.44. The van der Waals surface area contributed by atoms with Gasteiger partial charge in [-0.15, -0.1) is 0 Å². The number of pyridine rings is 1. The first-order valence-electron chi connectivity index (χ1n) is 6.46. The van der Waals surface area contributed by atoms with Gasteiger partial charge in [-0.3, -0.25) is 15.0 Å². The van der Waals surface area contributed by atoms with Crippen molar-refractivity contribution in [2.75, 3.05) is 31.1 Å². The average Bonchev–Trinajstić information content (AvgIpc) is 2.47. The first kappa shape index (κ1) is 14.2. The molecule has 7 nitrogen and oxygen atoms in total. The molecule has 1 aromatic heterocycles. The third-order valence-corrected chi connectivity index (χ3v) is 3.61. The van der Waals surface area contributed by atoms with Crippen LogP contribution < -0.4 is 4.90 Å². The number of anilines is 1. The van der Waals surface area contributed by atoms with E-state index in [0.717, 1.165) is 13.1 Å². The van der Waals surface area contributed by atoms with E-state index < -0.39 is 10.5 Å². The van der Waals surface area contributed by atoms with Crippen molar-refractivity contribution in [1.82, 2.24) is 9.88 Å². The molecule has 0 spiro atoms. The highest BCUT2D eigenvalue weighted by Crippen LogP contribution is 2.22. The van der Waals surface area contributed by atoms with E-state index in [2.05, 4.69) is 16.0 Å². The summed E-state index contributed by atoms with van der Waals surface area (Å²) in [5.41, 5.74) is -0.433. The van der Waals surface area contributed by atoms with Crippen LogP contribution in [0.3, 0.4) is 0 Å². The minimum Gasteiger partial charge on any atom is -0.354 e. The molecular weight excluding hydrogens is 258 g/mol. The molecule has 1 aliphatic rings. The Morgan fingerprint density at radius 3 is 2.60 bits per heavy atom. The van der Waals surface area contributed by atoms with Gasteiger partial charge in [0.05, 0.1) is 17.1 Å². The molecule has 0 aliphatic carbocycles. The molecule has 0 amide bonds. The van der Waals surface area contributed by atoms with Crippen LogP contribution in [-0.2, 0) is 0 Å². The predicted molar refractivity (Wildman–Crippen MR) is 74.4 cm³/mol. The van der Waals surface area contributed by atoms with Crippen molar-refractivity contribution in [3.63, 3.8) is 0 Å². The monoisotopic (exact) mass is 275 g/mol. The summed E-state index contributed by atoms with van der Waals surface area (Å²) < 4.78 is 0. The normalized spacial score (nSPS) is 16.8. The lowest BCUT2D eigenvalue weighted by atomic mass is 10.0. The summed E-state index contributed by atoms with van der Waals surface area (Å²) in [6.45, 7) is 6.69. The number of piperazine rings is 1. The van der Waals surface area contributed by atoms with Crippen molar-refractivity contribution in [3.8, 4) is 6.07 Å². The fourth-order valence-electron chi connectivity index (χ4n) is 2.26. The van der Waals surface area contributed by atoms with Crippen LogP contribution >= 0.6 is 0 Å². The maximum absolute atomic E-state index is 10.8. The van der Waals surface area contributed by atoms with Gasteiger partial charge in [0.1, 0.15) is 11.4 Å². The van der Waals surface area contributed by atoms with E-state index in [1.807, 2.05) is 18.7 Å². The highest BCUT2D eigenvalue weighted by molar-refractivity contribution is 5.47. The molecule has 0 radical (unpaired) electrons. The number of hydrogen-bond acceptors (Lipinski definition) is 6. The standard InChI is InChI=1S/C13H17N5O2/c1-13(2,10-14)17-7-5-16(6-8-17)12-9-11(18(19)20)3-4-15-12/h3-4,9H,5-8H2,1-2H3. The van der Waals surface area contributed by atoms with Crippen LogP contribution in [0.25, 0.3) is 0 Å². The Labute approximate surface area is 117 Å². The lowest BCUT2D eigenvalue weighted by Gasteiger charge is -2.40. The molecule has 1 saturated heterocycles. The second-order valence-corrected chi connectivity index (χ2v) is 5.27. The molecule has 0 aromatic carbocycles. The fraction of sp³-hybridized carbons (Fsp3) is 0.538. The zero-order valence-corrected chi connectivity index (χ0v) is 11.6. The van der Waals surface area contributed by atoms with E-state index in [0.29, 0.717) is 18.9 Å². The van der Waals surface area contributed by atoms with Crippen LogP contribution in [0.1, 0.15) is 13.8 Å². The number of rotatable bonds is 3. The van der Waals surface area contributed by atoms with Crippen molar-refractivity contribution in [2.45, 2.75) is 19.4 Å². The molecule has 0 atom stereocenters. The lowest BCUT2D eigenvalue weighted by Crippen LogP contribution is -2.54. The number of aromatic nitrogens is 1. The van der Waals surface area contributed by atoms with Gasteiger partial charge in [0, 0.05) is 38.4 Å². The summed E-state index contributed by atoms with van der Waals surface area (Å²) in [5, 5.41) is 19.9. The zero-order valence-electron chi connectivity index (χ0n) is 11.6. The third kappa shape index (κ3) is 2.86. The molecule has 7 heteroatoms. The minimum atomic E-state index is -0.484. The molecule has 1 aliphatic heterocycles. The van der Waals surface area contributed by atoms with Gasteiger partial charge in [-0.25, -0.2) is 4.98 Å². The quantitative estimate of drug-likeness (QED) is 0.612. The number of nitriles is 1. The Bertz CT molecular complexity index is 544. The van der Waals surface area contributed by atoms with Gasteiger partial charge in [-0.2, -0.15) is 5.26 Å². The molecule has 0 saturated carbocycles. The highest BCUT2D eigenvalue weighted by atomic mass is 16.6. The molecule has 1 fully saturated rings. The van der Waals surface area contributed by atoms with E-state index in [1.54, 1.807) is 0 Å². The van der Waals surface area contributed by atoms with E-state index in [4.69, 9.17) is 5.26 Å². The van der Waals surface area contributed by atoms with Crippen LogP contribution in [0.4, 0.5) is 11.5 Å². The van der Waals surface area contributed by atoms with Crippen LogP contribution in [0.2, 0.25) is 0 Å². The van der Waals surface area contributed by atoms with Gasteiger partial charge in [0.2, 0.25) is 0 Å². The number of nitro groups is 1. The van der Waals surface area contributed by atoms with Crippen LogP contribution in [0, 0.1) is 21.4 Å². The minimum absolute atomic E-state index is 0.0507. The van der Waals surface area contributed by atoms with Gasteiger partial charge in [-0.05, 0) is 13.8 Å². The second-order valence-electron chi connectivity index (χ2n) is 5.27. The Morgan fingerprint density at radius 2 is 2.05 bits per heavy atom. The average molecular weight is 275 g/mol. The topological polar surface area (TPSA) is 86.3 Å². The van der Waals surface area contributed by atoms with Crippen LogP contribution in [0.15, 0.2) is 18.3 Å². The Hall–Kier alpha value is -2.20. The van der Waals surface area contributed by atoms with Crippen molar-refractivity contribution in [1.29, 1.82) is 5.26 Å². The number of nitrogens with zero attached hydrogens (tertiary/aromatic N) is 5. The van der Waals surface area contributed by atoms with Gasteiger partial charge in [0.25, 0.3) is 5.69 Å². The van der Waals surface area contributed by atoms with Gasteiger partial charge >= 0.3 is 0 Å². The van der Waals surface area contributed by atoms with Gasteiger partial charge in [0.15, 0.2) is 0 Å². The highest BCUT2D eigenvalue weighted by Gasteiger charge is 2.30. The smallest absolute Gasteiger partial charge is 0.274 e. The zero-order chi connectivity index (χ0) is 14.8. The largest absolute Gasteiger partial charge is 0.354 e. The summed E-state index contributed by atoms with van der Waals surface area (Å²) in [6.07, 6.45) is 1.46. The Balaban J connectivity index is 2.06. The molecule has 0 N–H and O–H groups in total. The van der Waals surface area contributed by atoms with Crippen molar-refractivity contribution in [3.05, 3.63) is 28.4 Å². The van der Waals surface area contributed by atoms with E-state index >= 15 is 0 Å². The summed E-state index contributed by atoms with van der Waals surface area (Å²) in [4.78, 5) is 18.7. The maximum atomic E-state index is 10.8. The van der Waals surface area contributed by atoms with Crippen LogP contribution in [-0.4, -0.2) is 46.5 Å². The fourth-order valence-corrected chi connectivity index (χ4v) is 2.26. The maximum Gasteiger partial charge on any atom is 0.274 e. The molecule has 0 unspecified atom stereocenters.